The van der Waals surface area contributed by atoms with Crippen molar-refractivity contribution in [2.24, 2.45) is 29.1 Å². The molecule has 0 bridgehead atoms. The molecule has 9 nitrogen and oxygen atoms in total. The van der Waals surface area contributed by atoms with Crippen molar-refractivity contribution >= 4 is 23.7 Å². The molecule has 0 saturated heterocycles. The number of ketones is 1. The third-order valence-corrected chi connectivity index (χ3v) is 14.7. The first-order valence-corrected chi connectivity index (χ1v) is 24.0. The number of rotatable bonds is 28. The lowest BCUT2D eigenvalue weighted by Gasteiger charge is -2.53. The number of unbranched alkanes of at least 4 members (excludes halogenated alkanes) is 20. The SMILES string of the molecule is CCCCCCCCCCCCCC(=O)OCC1=C[C@H]2C3C(C)(C)C3(OC(C)=O)[C@H](OC(=O)CCCCCCCCCCCCC)[C@@H](C)[C@]2(O)[C@@H]2C=C(C)C(=O)[C@]2(O)C1. The summed E-state index contributed by atoms with van der Waals surface area (Å²) >= 11 is 0. The lowest BCUT2D eigenvalue weighted by atomic mass is 9.59. The molecule has 2 fully saturated rings. The smallest absolute Gasteiger partial charge is 0.306 e. The van der Waals surface area contributed by atoms with Crippen LogP contribution in [0.4, 0.5) is 0 Å². The average Bonchev–Trinajstić information content (AvgIpc) is 3.61. The number of ether oxygens (including phenoxy) is 3. The van der Waals surface area contributed by atoms with E-state index in [1.807, 2.05) is 19.9 Å². The van der Waals surface area contributed by atoms with Gasteiger partial charge in [0.15, 0.2) is 11.4 Å². The highest BCUT2D eigenvalue weighted by Crippen LogP contribution is 2.77. The summed E-state index contributed by atoms with van der Waals surface area (Å²) in [7, 11) is 0. The molecule has 0 aliphatic heterocycles. The number of fused-ring (bicyclic) bond motifs is 5. The molecular weight excluding hydrogens is 745 g/mol. The third-order valence-electron chi connectivity index (χ3n) is 14.7. The van der Waals surface area contributed by atoms with Gasteiger partial charge in [-0.05, 0) is 30.9 Å². The summed E-state index contributed by atoms with van der Waals surface area (Å²) < 4.78 is 18.3. The van der Waals surface area contributed by atoms with Crippen LogP contribution in [0.15, 0.2) is 23.3 Å². The summed E-state index contributed by atoms with van der Waals surface area (Å²) in [5, 5.41) is 25.5. The molecule has 0 aromatic carbocycles. The minimum atomic E-state index is -1.99. The molecule has 336 valence electrons. The normalized spacial score (nSPS) is 30.3. The molecule has 2 unspecified atom stereocenters. The molecule has 0 heterocycles. The molecule has 4 aliphatic carbocycles. The lowest BCUT2D eigenvalue weighted by Crippen LogP contribution is -2.66. The van der Waals surface area contributed by atoms with Crippen LogP contribution < -0.4 is 0 Å². The molecule has 4 rings (SSSR count). The lowest BCUT2D eigenvalue weighted by molar-refractivity contribution is -0.228. The van der Waals surface area contributed by atoms with E-state index in [2.05, 4.69) is 13.8 Å². The average molecular weight is 827 g/mol. The van der Waals surface area contributed by atoms with Gasteiger partial charge in [-0.15, -0.1) is 0 Å². The zero-order valence-electron chi connectivity index (χ0n) is 38.2. The summed E-state index contributed by atoms with van der Waals surface area (Å²) in [5.74, 6) is -4.80. The molecule has 0 aromatic rings. The number of hydrogen-bond acceptors (Lipinski definition) is 9. The molecule has 0 aromatic heterocycles. The fraction of sp³-hybridized carbons (Fsp3) is 0.840. The Kier molecular flexibility index (Phi) is 18.8. The van der Waals surface area contributed by atoms with Crippen molar-refractivity contribution in [1.82, 2.24) is 0 Å². The highest BCUT2D eigenvalue weighted by atomic mass is 16.6. The molecule has 0 spiro atoms. The largest absolute Gasteiger partial charge is 0.461 e. The van der Waals surface area contributed by atoms with Gasteiger partial charge in [-0.3, -0.25) is 19.2 Å². The van der Waals surface area contributed by atoms with Crippen molar-refractivity contribution in [3.05, 3.63) is 23.3 Å². The number of esters is 3. The summed E-state index contributed by atoms with van der Waals surface area (Å²) in [6.45, 7) is 13.0. The Morgan fingerprint density at radius 1 is 0.712 bits per heavy atom. The minimum absolute atomic E-state index is 0.112. The van der Waals surface area contributed by atoms with Gasteiger partial charge >= 0.3 is 17.9 Å². The van der Waals surface area contributed by atoms with Gasteiger partial charge in [0.25, 0.3) is 0 Å². The molecule has 0 radical (unpaired) electrons. The summed E-state index contributed by atoms with van der Waals surface area (Å²) in [5.41, 5.74) is -4.82. The zero-order chi connectivity index (χ0) is 43.3. The predicted octanol–water partition coefficient (Wildman–Crippen LogP) is 11.0. The first-order chi connectivity index (χ1) is 28.1. The topological polar surface area (TPSA) is 136 Å². The Labute approximate surface area is 357 Å². The second-order valence-corrected chi connectivity index (χ2v) is 19.5. The number of Topliss-reactive ketones (excluding diaryl/α,β-unsaturated/α-hetero) is 1. The Bertz CT molecular complexity index is 1460. The van der Waals surface area contributed by atoms with E-state index in [-0.39, 0.29) is 25.4 Å². The molecular formula is C50H82O9. The van der Waals surface area contributed by atoms with E-state index in [1.54, 1.807) is 19.9 Å². The van der Waals surface area contributed by atoms with E-state index < -0.39 is 69.7 Å². The van der Waals surface area contributed by atoms with Gasteiger partial charge in [0.05, 0.1) is 5.60 Å². The van der Waals surface area contributed by atoms with E-state index in [0.29, 0.717) is 24.0 Å². The Morgan fingerprint density at radius 2 is 1.17 bits per heavy atom. The zero-order valence-corrected chi connectivity index (χ0v) is 38.2. The van der Waals surface area contributed by atoms with E-state index in [9.17, 15) is 29.4 Å². The van der Waals surface area contributed by atoms with Gasteiger partial charge < -0.3 is 24.4 Å². The van der Waals surface area contributed by atoms with Crippen molar-refractivity contribution in [2.75, 3.05) is 6.61 Å². The van der Waals surface area contributed by atoms with Crippen LogP contribution >= 0.6 is 0 Å². The van der Waals surface area contributed by atoms with E-state index in [0.717, 1.165) is 38.5 Å². The van der Waals surface area contributed by atoms with Crippen LogP contribution in [0.3, 0.4) is 0 Å². The first-order valence-electron chi connectivity index (χ1n) is 24.0. The van der Waals surface area contributed by atoms with Crippen LogP contribution in [-0.2, 0) is 33.4 Å². The molecule has 2 N–H and O–H groups in total. The Balaban J connectivity index is 1.43. The maximum Gasteiger partial charge on any atom is 0.306 e. The molecule has 59 heavy (non-hydrogen) atoms. The van der Waals surface area contributed by atoms with Crippen LogP contribution in [0.25, 0.3) is 0 Å². The molecule has 9 heteroatoms. The maximum atomic E-state index is 13.8. The van der Waals surface area contributed by atoms with Crippen molar-refractivity contribution in [3.63, 3.8) is 0 Å². The molecule has 8 atom stereocenters. The summed E-state index contributed by atoms with van der Waals surface area (Å²) in [6, 6.07) is 0. The monoisotopic (exact) mass is 827 g/mol. The summed E-state index contributed by atoms with van der Waals surface area (Å²) in [4.78, 5) is 53.3. The first kappa shape index (κ1) is 49.1. The van der Waals surface area contributed by atoms with Gasteiger partial charge in [0, 0.05) is 55.3 Å². The Hall–Kier alpha value is -2.52. The summed E-state index contributed by atoms with van der Waals surface area (Å²) in [6.07, 6.45) is 28.6. The van der Waals surface area contributed by atoms with Crippen LogP contribution in [-0.4, -0.2) is 63.4 Å². The molecule has 0 amide bonds. The van der Waals surface area contributed by atoms with Gasteiger partial charge in [-0.25, -0.2) is 0 Å². The van der Waals surface area contributed by atoms with Crippen molar-refractivity contribution in [2.45, 2.75) is 232 Å². The molecule has 4 aliphatic rings. The highest BCUT2D eigenvalue weighted by molar-refractivity contribution is 6.04. The van der Waals surface area contributed by atoms with Crippen LogP contribution in [0, 0.1) is 29.1 Å². The number of carbonyl (C=O) groups excluding carboxylic acids is 4. The standard InChI is InChI=1S/C50H82O9/c1-8-10-12-14-16-18-20-22-24-26-28-30-42(52)57-35-39-33-40-44-47(6,7)50(44,59-38(5)51)46(37(4)49(40,56)41-32-36(3)45(54)48(41,55)34-39)58-43(53)31-29-27-25-23-21-19-17-15-13-11-9-2/h32-33,37,40-41,44,46,55-56H,8-31,34-35H2,1-7H3/t37-,40+,41-,44?,46-,48+,49-,50?/m1/s1. The fourth-order valence-corrected chi connectivity index (χ4v) is 11.4. The van der Waals surface area contributed by atoms with Crippen molar-refractivity contribution in [1.29, 1.82) is 0 Å². The van der Waals surface area contributed by atoms with E-state index in [4.69, 9.17) is 14.2 Å². The van der Waals surface area contributed by atoms with Gasteiger partial charge in [0.2, 0.25) is 0 Å². The van der Waals surface area contributed by atoms with E-state index in [1.165, 1.54) is 103 Å². The van der Waals surface area contributed by atoms with E-state index >= 15 is 0 Å². The van der Waals surface area contributed by atoms with Crippen LogP contribution in [0.2, 0.25) is 0 Å². The van der Waals surface area contributed by atoms with Crippen LogP contribution in [0.5, 0.6) is 0 Å². The predicted molar refractivity (Wildman–Crippen MR) is 232 cm³/mol. The van der Waals surface area contributed by atoms with Crippen molar-refractivity contribution in [3.8, 4) is 0 Å². The van der Waals surface area contributed by atoms with Gasteiger partial charge in [-0.1, -0.05) is 175 Å². The number of aliphatic hydroxyl groups is 2. The van der Waals surface area contributed by atoms with Crippen LogP contribution in [0.1, 0.15) is 209 Å². The number of hydrogen-bond donors (Lipinski definition) is 2. The van der Waals surface area contributed by atoms with Crippen molar-refractivity contribution < 1.29 is 43.6 Å². The molecule has 2 saturated carbocycles. The second-order valence-electron chi connectivity index (χ2n) is 19.5. The minimum Gasteiger partial charge on any atom is -0.461 e. The van der Waals surface area contributed by atoms with Gasteiger partial charge in [0.1, 0.15) is 18.3 Å². The maximum absolute atomic E-state index is 13.8. The fourth-order valence-electron chi connectivity index (χ4n) is 11.4. The second kappa shape index (κ2) is 22.5. The Morgan fingerprint density at radius 3 is 1.64 bits per heavy atom. The quantitative estimate of drug-likeness (QED) is 0.0342. The number of carbonyl (C=O) groups is 4. The highest BCUT2D eigenvalue weighted by Gasteiger charge is 2.87. The third kappa shape index (κ3) is 11.5. The van der Waals surface area contributed by atoms with Gasteiger partial charge in [-0.2, -0.15) is 0 Å².